The number of rotatable bonds is 69. The van der Waals surface area contributed by atoms with E-state index in [0.717, 1.165) is 70.6 Å². The van der Waals surface area contributed by atoms with E-state index < -0.39 is 97.5 Å². The van der Waals surface area contributed by atoms with Crippen LogP contribution in [0.4, 0.5) is 0 Å². The molecule has 0 aliphatic heterocycles. The number of aliphatic hydroxyl groups is 1. The molecular weight excluding hydrogens is 1150 g/mol. The third kappa shape index (κ3) is 62.6. The Bertz CT molecular complexity index is 1670. The van der Waals surface area contributed by atoms with Gasteiger partial charge in [-0.15, -0.1) is 0 Å². The predicted octanol–water partition coefficient (Wildman–Crippen LogP) is 19.5. The van der Waals surface area contributed by atoms with Gasteiger partial charge in [0, 0.05) is 25.7 Å². The van der Waals surface area contributed by atoms with E-state index in [4.69, 9.17) is 37.0 Å². The highest BCUT2D eigenvalue weighted by atomic mass is 31.2. The Morgan fingerprint density at radius 1 is 0.276 bits per heavy atom. The van der Waals surface area contributed by atoms with Crippen LogP contribution in [0.2, 0.25) is 0 Å². The molecule has 0 aromatic heterocycles. The van der Waals surface area contributed by atoms with Gasteiger partial charge in [0.1, 0.15) is 19.3 Å². The van der Waals surface area contributed by atoms with E-state index in [1.807, 2.05) is 6.92 Å². The lowest BCUT2D eigenvalue weighted by Crippen LogP contribution is -2.30. The number of ether oxygens (including phenoxy) is 4. The van der Waals surface area contributed by atoms with Crippen molar-refractivity contribution < 1.29 is 80.2 Å². The smallest absolute Gasteiger partial charge is 0.462 e. The number of hydrogen-bond acceptors (Lipinski definition) is 15. The molecule has 0 radical (unpaired) electrons. The molecule has 19 heteroatoms. The molecule has 0 bridgehead atoms. The molecule has 2 unspecified atom stereocenters. The number of esters is 4. The van der Waals surface area contributed by atoms with E-state index in [1.165, 1.54) is 205 Å². The lowest BCUT2D eigenvalue weighted by molar-refractivity contribution is -0.161. The zero-order valence-electron chi connectivity index (χ0n) is 56.0. The fourth-order valence-corrected chi connectivity index (χ4v) is 11.9. The van der Waals surface area contributed by atoms with E-state index in [-0.39, 0.29) is 25.7 Å². The van der Waals surface area contributed by atoms with E-state index in [9.17, 15) is 43.2 Å². The average molecular weight is 1280 g/mol. The Kier molecular flexibility index (Phi) is 61.4. The van der Waals surface area contributed by atoms with Crippen molar-refractivity contribution in [1.29, 1.82) is 0 Å². The Hall–Kier alpha value is -1.94. The molecule has 0 aromatic carbocycles. The number of phosphoric ester groups is 2. The Morgan fingerprint density at radius 2 is 0.471 bits per heavy atom. The van der Waals surface area contributed by atoms with E-state index in [2.05, 4.69) is 20.8 Å². The van der Waals surface area contributed by atoms with Gasteiger partial charge in [0.15, 0.2) is 12.2 Å². The van der Waals surface area contributed by atoms with Gasteiger partial charge in [0.2, 0.25) is 0 Å². The summed E-state index contributed by atoms with van der Waals surface area (Å²) < 4.78 is 67.6. The Morgan fingerprint density at radius 3 is 0.713 bits per heavy atom. The van der Waals surface area contributed by atoms with E-state index in [0.29, 0.717) is 25.7 Å². The second kappa shape index (κ2) is 62.8. The van der Waals surface area contributed by atoms with Crippen LogP contribution in [0.15, 0.2) is 0 Å². The maximum Gasteiger partial charge on any atom is 0.472 e. The average Bonchev–Trinajstić information content (AvgIpc) is 3.68. The minimum absolute atomic E-state index is 0.0798. The second-order valence-electron chi connectivity index (χ2n) is 24.6. The summed E-state index contributed by atoms with van der Waals surface area (Å²) in [6.07, 6.45) is 51.2. The van der Waals surface area contributed by atoms with Crippen LogP contribution in [0.1, 0.15) is 355 Å². The molecule has 0 saturated heterocycles. The lowest BCUT2D eigenvalue weighted by Gasteiger charge is -2.21. The van der Waals surface area contributed by atoms with Crippen LogP contribution in [0.5, 0.6) is 0 Å². The number of unbranched alkanes of at least 4 members (excludes halogenated alkanes) is 43. The first-order valence-corrected chi connectivity index (χ1v) is 38.8. The van der Waals surface area contributed by atoms with Gasteiger partial charge in [0.25, 0.3) is 0 Å². The van der Waals surface area contributed by atoms with Gasteiger partial charge in [-0.05, 0) is 25.7 Å². The molecule has 17 nitrogen and oxygen atoms in total. The summed E-state index contributed by atoms with van der Waals surface area (Å²) in [5.41, 5.74) is 0. The standard InChI is InChI=1S/C68H132O17P2/c1-5-9-13-16-19-22-25-28-31-34-37-40-43-46-49-53-65(70)78-58-63(84-67(72)52-12-8-4)60-82-86(74,75)80-56-62(69)57-81-87(76,77)83-61-64(85-68(73)55-51-48-45-42-39-36-33-30-27-24-21-18-15-11-7-3)59-79-66(71)54-50-47-44-41-38-35-32-29-26-23-20-17-14-10-6-2/h62-64,69H,5-61H2,1-4H3,(H,74,75)(H,76,77)/t62-,63-,64-/m1/s1. The molecule has 3 N–H and O–H groups in total. The Balaban J connectivity index is 4.99. The van der Waals surface area contributed by atoms with Crippen molar-refractivity contribution in [2.75, 3.05) is 39.6 Å². The second-order valence-corrected chi connectivity index (χ2v) is 27.5. The summed E-state index contributed by atoms with van der Waals surface area (Å²) in [6.45, 7) is 4.67. The lowest BCUT2D eigenvalue weighted by atomic mass is 10.0. The van der Waals surface area contributed by atoms with Crippen LogP contribution in [0.25, 0.3) is 0 Å². The van der Waals surface area contributed by atoms with E-state index in [1.54, 1.807) is 0 Å². The van der Waals surface area contributed by atoms with Crippen molar-refractivity contribution in [2.45, 2.75) is 373 Å². The van der Waals surface area contributed by atoms with Crippen LogP contribution in [-0.2, 0) is 65.4 Å². The SMILES string of the molecule is CCCCCCCCCCCCCCCCCC(=O)OC[C@H](COP(=O)(O)OC[C@@H](O)COP(=O)(O)OC[C@@H](COC(=O)CCCCCCCCCCCCCCCCC)OC(=O)CCCCCCCCCCCCCCCCC)OC(=O)CCCC. The normalized spacial score (nSPS) is 14.1. The van der Waals surface area contributed by atoms with Gasteiger partial charge in [-0.2, -0.15) is 0 Å². The predicted molar refractivity (Wildman–Crippen MR) is 349 cm³/mol. The first-order valence-electron chi connectivity index (χ1n) is 35.8. The summed E-state index contributed by atoms with van der Waals surface area (Å²) in [5, 5.41) is 10.5. The molecule has 0 amide bonds. The zero-order valence-corrected chi connectivity index (χ0v) is 57.8. The van der Waals surface area contributed by atoms with Crippen molar-refractivity contribution >= 4 is 39.5 Å². The van der Waals surface area contributed by atoms with E-state index >= 15 is 0 Å². The molecular formula is C68H132O17P2. The van der Waals surface area contributed by atoms with Gasteiger partial charge < -0.3 is 33.8 Å². The molecule has 0 fully saturated rings. The van der Waals surface area contributed by atoms with Crippen molar-refractivity contribution in [3.05, 3.63) is 0 Å². The first kappa shape index (κ1) is 85.1. The maximum absolute atomic E-state index is 13.0. The van der Waals surface area contributed by atoms with Gasteiger partial charge in [-0.3, -0.25) is 37.3 Å². The maximum atomic E-state index is 13.0. The highest BCUT2D eigenvalue weighted by Gasteiger charge is 2.30. The fraction of sp³-hybridized carbons (Fsp3) is 0.941. The van der Waals surface area contributed by atoms with Gasteiger partial charge in [0.05, 0.1) is 26.4 Å². The molecule has 0 aliphatic carbocycles. The first-order chi connectivity index (χ1) is 42.2. The Labute approximate surface area is 530 Å². The minimum Gasteiger partial charge on any atom is -0.462 e. The highest BCUT2D eigenvalue weighted by molar-refractivity contribution is 7.47. The van der Waals surface area contributed by atoms with Gasteiger partial charge in [-0.1, -0.05) is 304 Å². The summed E-state index contributed by atoms with van der Waals surface area (Å²) in [4.78, 5) is 71.8. The largest absolute Gasteiger partial charge is 0.472 e. The number of carbonyl (C=O) groups is 4. The van der Waals surface area contributed by atoms with Crippen LogP contribution in [0, 0.1) is 0 Å². The molecule has 5 atom stereocenters. The fourth-order valence-electron chi connectivity index (χ4n) is 10.3. The van der Waals surface area contributed by atoms with Crippen molar-refractivity contribution in [3.63, 3.8) is 0 Å². The minimum atomic E-state index is -4.94. The summed E-state index contributed by atoms with van der Waals surface area (Å²) in [5.74, 6) is -2.16. The number of carbonyl (C=O) groups excluding carboxylic acids is 4. The van der Waals surface area contributed by atoms with Crippen LogP contribution in [0.3, 0.4) is 0 Å². The molecule has 0 rings (SSSR count). The molecule has 0 aliphatic rings. The van der Waals surface area contributed by atoms with Crippen LogP contribution in [-0.4, -0.2) is 96.7 Å². The molecule has 0 saturated carbocycles. The topological polar surface area (TPSA) is 237 Å². The van der Waals surface area contributed by atoms with Crippen molar-refractivity contribution in [3.8, 4) is 0 Å². The van der Waals surface area contributed by atoms with Gasteiger partial charge in [-0.25, -0.2) is 9.13 Å². The molecule has 87 heavy (non-hydrogen) atoms. The monoisotopic (exact) mass is 1280 g/mol. The molecule has 0 aromatic rings. The third-order valence-electron chi connectivity index (χ3n) is 15.9. The zero-order chi connectivity index (χ0) is 64.0. The molecule has 0 heterocycles. The van der Waals surface area contributed by atoms with Gasteiger partial charge >= 0.3 is 39.5 Å². The third-order valence-corrected chi connectivity index (χ3v) is 17.8. The quantitative estimate of drug-likeness (QED) is 0.0222. The molecule has 0 spiro atoms. The van der Waals surface area contributed by atoms with Crippen LogP contribution < -0.4 is 0 Å². The summed E-state index contributed by atoms with van der Waals surface area (Å²) >= 11 is 0. The number of aliphatic hydroxyl groups excluding tert-OH is 1. The number of phosphoric acid groups is 2. The number of hydrogen-bond donors (Lipinski definition) is 3. The summed E-state index contributed by atoms with van der Waals surface area (Å²) in [7, 11) is -9.87. The highest BCUT2D eigenvalue weighted by Crippen LogP contribution is 2.45. The molecule has 516 valence electrons. The van der Waals surface area contributed by atoms with Crippen molar-refractivity contribution in [1.82, 2.24) is 0 Å². The van der Waals surface area contributed by atoms with Crippen molar-refractivity contribution in [2.24, 2.45) is 0 Å². The summed E-state index contributed by atoms with van der Waals surface area (Å²) in [6, 6.07) is 0. The van der Waals surface area contributed by atoms with Crippen LogP contribution >= 0.6 is 15.6 Å².